The van der Waals surface area contributed by atoms with Gasteiger partial charge in [0.05, 0.1) is 0 Å². The van der Waals surface area contributed by atoms with Gasteiger partial charge >= 0.3 is 160 Å². The second-order valence-corrected chi connectivity index (χ2v) is 39.4. The van der Waals surface area contributed by atoms with Crippen LogP contribution < -0.4 is 24.8 Å². The molecule has 147 valence electrons. The topological polar surface area (TPSA) is 0 Å². The van der Waals surface area contributed by atoms with Crippen LogP contribution in [-0.2, 0) is 18.6 Å². The van der Waals surface area contributed by atoms with E-state index in [1.165, 1.54) is 18.4 Å². The molecule has 27 heavy (non-hydrogen) atoms. The van der Waals surface area contributed by atoms with E-state index in [2.05, 4.69) is 78.9 Å². The maximum Gasteiger partial charge on any atom is -1.00 e. The molecule has 3 aliphatic carbocycles. The first kappa shape index (κ1) is 25.1. The molecule has 0 saturated heterocycles. The molecular weight excluding hydrogens is 554 g/mol. The van der Waals surface area contributed by atoms with Crippen molar-refractivity contribution in [3.05, 3.63) is 62.2 Å². The number of halogens is 2. The van der Waals surface area contributed by atoms with Crippen LogP contribution in [0.25, 0.3) is 0 Å². The third-order valence-corrected chi connectivity index (χ3v) is 47.1. The number of rotatable bonds is 3. The van der Waals surface area contributed by atoms with E-state index in [1.54, 1.807) is 22.3 Å². The maximum absolute atomic E-state index is 3.01. The molecule has 0 spiro atoms. The van der Waals surface area contributed by atoms with Gasteiger partial charge in [0.15, 0.2) is 0 Å². The summed E-state index contributed by atoms with van der Waals surface area (Å²) in [7, 11) is 0. The van der Waals surface area contributed by atoms with Crippen molar-refractivity contribution in [2.24, 2.45) is 5.92 Å². The van der Waals surface area contributed by atoms with E-state index in [0.717, 1.165) is 0 Å². The molecule has 0 saturated carbocycles. The summed E-state index contributed by atoms with van der Waals surface area (Å²) in [4.78, 5) is 0. The molecular formula is C23H33Cl2HfSi. The Labute approximate surface area is 183 Å². The van der Waals surface area contributed by atoms with Crippen molar-refractivity contribution in [1.82, 2.24) is 0 Å². The van der Waals surface area contributed by atoms with Crippen LogP contribution in [0.3, 0.4) is 0 Å². The molecule has 0 radical (unpaired) electrons. The van der Waals surface area contributed by atoms with Gasteiger partial charge in [0, 0.05) is 0 Å². The van der Waals surface area contributed by atoms with Crippen LogP contribution in [0, 0.1) is 5.92 Å². The Balaban J connectivity index is 0.00000182. The van der Waals surface area contributed by atoms with E-state index in [-0.39, 0.29) is 24.8 Å². The molecule has 0 aromatic rings. The molecule has 0 nitrogen and oxygen atoms in total. The predicted octanol–water partition coefficient (Wildman–Crippen LogP) is 1.13. The largest absolute Gasteiger partial charge is 1.00 e. The molecule has 0 N–H and O–H groups in total. The minimum absolute atomic E-state index is 0. The van der Waals surface area contributed by atoms with Crippen LogP contribution in [0.15, 0.2) is 62.2 Å². The molecule has 0 bridgehead atoms. The second kappa shape index (κ2) is 9.28. The van der Waals surface area contributed by atoms with Gasteiger partial charge in [-0.25, -0.2) is 0 Å². The summed E-state index contributed by atoms with van der Waals surface area (Å²) in [6, 6.07) is 0. The Morgan fingerprint density at radius 1 is 0.815 bits per heavy atom. The first-order valence-electron chi connectivity index (χ1n) is 9.63. The number of allylic oxidation sites excluding steroid dienone is 12. The molecule has 3 aliphatic rings. The maximum atomic E-state index is 2.63. The van der Waals surface area contributed by atoms with Crippen LogP contribution in [0.1, 0.15) is 54.4 Å². The number of hydrogen-bond donors (Lipinski definition) is 0. The second-order valence-electron chi connectivity index (χ2n) is 8.71. The average Bonchev–Trinajstić information content (AvgIpc) is 3.11. The SMILES string of the molecule is CC1=CC(C)[C]([Hf+2]([C]2=C(C)C=C(C)C2)([C]2=C(C)C=C(C)C2)=[Si](C)C)=C1.[Cl-].[Cl-]. The van der Waals surface area contributed by atoms with Gasteiger partial charge in [-0.2, -0.15) is 0 Å². The fourth-order valence-electron chi connectivity index (χ4n) is 5.49. The smallest absolute Gasteiger partial charge is 1.00 e. The van der Waals surface area contributed by atoms with Crippen molar-refractivity contribution in [2.45, 2.75) is 67.5 Å². The van der Waals surface area contributed by atoms with Crippen molar-refractivity contribution < 1.29 is 43.4 Å². The first-order valence-corrected chi connectivity index (χ1v) is 22.9. The predicted molar refractivity (Wildman–Crippen MR) is 111 cm³/mol. The molecule has 0 aromatic heterocycles. The zero-order valence-electron chi connectivity index (χ0n) is 18.1. The van der Waals surface area contributed by atoms with Crippen molar-refractivity contribution in [3.63, 3.8) is 0 Å². The van der Waals surface area contributed by atoms with Crippen molar-refractivity contribution in [3.8, 4) is 0 Å². The third-order valence-electron chi connectivity index (χ3n) is 6.26. The average molecular weight is 587 g/mol. The van der Waals surface area contributed by atoms with Gasteiger partial charge in [0.25, 0.3) is 0 Å². The van der Waals surface area contributed by atoms with E-state index >= 15 is 0 Å². The van der Waals surface area contributed by atoms with Gasteiger partial charge < -0.3 is 24.8 Å². The summed E-state index contributed by atoms with van der Waals surface area (Å²) < 4.78 is 5.73. The summed E-state index contributed by atoms with van der Waals surface area (Å²) in [5.74, 6) is 0.643. The molecule has 4 heteroatoms. The van der Waals surface area contributed by atoms with Crippen molar-refractivity contribution in [1.29, 1.82) is 0 Å². The standard InChI is InChI=1S/3C7H9.C2H6Si.2ClH.Hf/c3*1-6-3-4-7(2)5-6;1-3-2;;;/h2*5H,3H2,1-2H3;3,5,7H,1-2H3;1-2H3;2*1H;/q;;;;;;+2/p-2. The summed E-state index contributed by atoms with van der Waals surface area (Å²) in [5, 5.41) is 0. The molecule has 0 aromatic carbocycles. The van der Waals surface area contributed by atoms with Crippen LogP contribution in [0.2, 0.25) is 13.1 Å². The molecule has 0 fully saturated rings. The molecule has 3 rings (SSSR count). The summed E-state index contributed by atoms with van der Waals surface area (Å²) in [6.07, 6.45) is 12.6. The minimum atomic E-state index is -3.01. The first-order chi connectivity index (χ1) is 11.7. The van der Waals surface area contributed by atoms with Crippen LogP contribution >= 0.6 is 0 Å². The van der Waals surface area contributed by atoms with Crippen LogP contribution in [0.5, 0.6) is 0 Å². The fourth-order valence-corrected chi connectivity index (χ4v) is 50.5. The van der Waals surface area contributed by atoms with E-state index in [1.807, 2.05) is 9.99 Å². The van der Waals surface area contributed by atoms with Gasteiger partial charge in [-0.15, -0.1) is 0 Å². The van der Waals surface area contributed by atoms with Gasteiger partial charge in [0.1, 0.15) is 0 Å². The molecule has 1 atom stereocenters. The van der Waals surface area contributed by atoms with E-state index in [4.69, 9.17) is 0 Å². The quantitative estimate of drug-likeness (QED) is 0.435. The zero-order valence-corrected chi connectivity index (χ0v) is 24.2. The van der Waals surface area contributed by atoms with Gasteiger partial charge in [-0.1, -0.05) is 0 Å². The van der Waals surface area contributed by atoms with Crippen LogP contribution in [-0.4, -0.2) is 5.49 Å². The number of hydrogen-bond acceptors (Lipinski definition) is 0. The Morgan fingerprint density at radius 2 is 1.26 bits per heavy atom. The van der Waals surface area contributed by atoms with E-state index in [0.29, 0.717) is 5.92 Å². The normalized spacial score (nSPS) is 21.6. The van der Waals surface area contributed by atoms with E-state index in [9.17, 15) is 0 Å². The molecule has 0 aliphatic heterocycles. The summed E-state index contributed by atoms with van der Waals surface area (Å²) >= 11 is -3.01. The zero-order chi connectivity index (χ0) is 18.5. The van der Waals surface area contributed by atoms with Crippen molar-refractivity contribution >= 4 is 5.49 Å². The molecule has 0 amide bonds. The fraction of sp³-hybridized carbons (Fsp3) is 0.478. The molecule has 1 unspecified atom stereocenters. The Kier molecular flexibility index (Phi) is 8.64. The van der Waals surface area contributed by atoms with Crippen molar-refractivity contribution in [2.75, 3.05) is 0 Å². The van der Waals surface area contributed by atoms with E-state index < -0.39 is 24.1 Å². The van der Waals surface area contributed by atoms with Gasteiger partial charge in [-0.05, 0) is 0 Å². The third kappa shape index (κ3) is 4.20. The molecule has 0 heterocycles. The summed E-state index contributed by atoms with van der Waals surface area (Å²) in [5.41, 5.74) is 7.49. The van der Waals surface area contributed by atoms with Gasteiger partial charge in [0.2, 0.25) is 0 Å². The minimum Gasteiger partial charge on any atom is -1.00 e. The van der Waals surface area contributed by atoms with Gasteiger partial charge in [-0.3, -0.25) is 0 Å². The monoisotopic (exact) mass is 587 g/mol. The Morgan fingerprint density at radius 3 is 1.52 bits per heavy atom. The Hall–Kier alpha value is 0.107. The Bertz CT molecular complexity index is 841. The van der Waals surface area contributed by atoms with Crippen LogP contribution in [0.4, 0.5) is 0 Å². The summed E-state index contributed by atoms with van der Waals surface area (Å²) in [6.45, 7) is 19.5.